The summed E-state index contributed by atoms with van der Waals surface area (Å²) in [5.74, 6) is 0. The zero-order valence-corrected chi connectivity index (χ0v) is 7.82. The molecule has 5 heteroatoms. The van der Waals surface area contributed by atoms with E-state index >= 15 is 0 Å². The minimum Gasteiger partial charge on any atom is -0.691 e. The van der Waals surface area contributed by atoms with E-state index in [1.54, 1.807) is 6.07 Å². The van der Waals surface area contributed by atoms with E-state index in [4.69, 9.17) is 11.8 Å². The van der Waals surface area contributed by atoms with E-state index in [1.807, 2.05) is 19.1 Å². The minimum absolute atomic E-state index is 0.468. The van der Waals surface area contributed by atoms with Gasteiger partial charge in [0.25, 0.3) is 0 Å². The zero-order valence-electron chi connectivity index (χ0n) is 7.07. The molecule has 1 aromatic carbocycles. The smallest absolute Gasteiger partial charge is 0.164 e. The van der Waals surface area contributed by atoms with Gasteiger partial charge in [-0.2, -0.15) is 0 Å². The van der Waals surface area contributed by atoms with Crippen LogP contribution >= 0.6 is 11.8 Å². The van der Waals surface area contributed by atoms with Crippen molar-refractivity contribution in [1.29, 1.82) is 0 Å². The highest BCUT2D eigenvalue weighted by molar-refractivity contribution is 6.13. The fraction of sp³-hybridized carbons (Fsp3) is 0.250. The molecule has 0 saturated heterocycles. The molecule has 0 aliphatic carbocycles. The Morgan fingerprint density at radius 3 is 3.15 bits per heavy atom. The summed E-state index contributed by atoms with van der Waals surface area (Å²) in [6, 6.07) is 5.64. The van der Waals surface area contributed by atoms with Gasteiger partial charge in [0.1, 0.15) is 5.22 Å². The predicted octanol–water partition coefficient (Wildman–Crippen LogP) is 2.47. The highest BCUT2D eigenvalue weighted by Crippen LogP contribution is 2.26. The summed E-state index contributed by atoms with van der Waals surface area (Å²) in [6.07, 6.45) is 0. The Bertz CT molecular complexity index is 378. The van der Waals surface area contributed by atoms with Crippen molar-refractivity contribution in [3.8, 4) is 0 Å². The number of halogens is 1. The van der Waals surface area contributed by atoms with Crippen LogP contribution in [-0.4, -0.2) is 9.39 Å². The summed E-state index contributed by atoms with van der Waals surface area (Å²) >= 11 is 5.60. The fourth-order valence-corrected chi connectivity index (χ4v) is 1.48. The Morgan fingerprint density at radius 1 is 1.62 bits per heavy atom. The molecule has 1 aliphatic rings. The molecule has 0 radical (unpaired) electrons. The molecule has 0 spiro atoms. The number of hydrogen-bond acceptors (Lipinski definition) is 3. The van der Waals surface area contributed by atoms with Crippen LogP contribution in [0.4, 0.5) is 5.69 Å². The summed E-state index contributed by atoms with van der Waals surface area (Å²) in [5.41, 5.74) is 2.51. The second-order valence-corrected chi connectivity index (χ2v) is 3.38. The van der Waals surface area contributed by atoms with Crippen molar-refractivity contribution in [2.24, 2.45) is 5.22 Å². The monoisotopic (exact) mass is 197 g/mol. The highest BCUT2D eigenvalue weighted by Gasteiger charge is 2.20. The van der Waals surface area contributed by atoms with Gasteiger partial charge in [-0.05, 0) is 18.6 Å². The van der Waals surface area contributed by atoms with Crippen molar-refractivity contribution in [3.05, 3.63) is 34.5 Å². The number of benzene rings is 1. The quantitative estimate of drug-likeness (QED) is 0.364. The zero-order chi connectivity index (χ0) is 9.42. The Balaban J connectivity index is 2.54. The molecule has 1 aliphatic heterocycles. The first-order chi connectivity index (χ1) is 6.16. The van der Waals surface area contributed by atoms with Gasteiger partial charge in [0.15, 0.2) is 24.0 Å². The van der Waals surface area contributed by atoms with E-state index in [-0.39, 0.29) is 0 Å². The lowest BCUT2D eigenvalue weighted by Gasteiger charge is -2.16. The van der Waals surface area contributed by atoms with Crippen molar-refractivity contribution in [1.82, 2.24) is 4.53 Å². The molecule has 0 unspecified atom stereocenters. The number of fused-ring (bicyclic) bond motifs is 1. The highest BCUT2D eigenvalue weighted by atomic mass is 35.5. The maximum atomic E-state index is 11.3. The Labute approximate surface area is 80.7 Å². The first-order valence-electron chi connectivity index (χ1n) is 3.88. The van der Waals surface area contributed by atoms with E-state index < -0.39 is 0 Å². The molecule has 1 heterocycles. The van der Waals surface area contributed by atoms with Crippen molar-refractivity contribution in [2.45, 2.75) is 13.5 Å². The molecule has 68 valence electrons. The summed E-state index contributed by atoms with van der Waals surface area (Å²) < 4.78 is 1.10. The molecule has 13 heavy (non-hydrogen) atoms. The molecule has 0 atom stereocenters. The molecule has 2 rings (SSSR count). The van der Waals surface area contributed by atoms with Crippen LogP contribution in [0.15, 0.2) is 23.4 Å². The Hall–Kier alpha value is -1.29. The van der Waals surface area contributed by atoms with Crippen molar-refractivity contribution < 1.29 is 4.86 Å². The lowest BCUT2D eigenvalue weighted by atomic mass is 10.1. The van der Waals surface area contributed by atoms with Gasteiger partial charge in [-0.3, -0.25) is 0 Å². The van der Waals surface area contributed by atoms with Crippen molar-refractivity contribution in [2.75, 3.05) is 0 Å². The van der Waals surface area contributed by atoms with Crippen LogP contribution in [0.5, 0.6) is 0 Å². The van der Waals surface area contributed by atoms with Crippen LogP contribution in [0, 0.1) is 12.1 Å². The normalized spacial score (nSPS) is 15.2. The Morgan fingerprint density at radius 2 is 2.38 bits per heavy atom. The average Bonchev–Trinajstić information content (AvgIpc) is 2.06. The first kappa shape index (κ1) is 8.31. The SMILES string of the molecule is Cc1ccc2c(c1)[N+]([O-])=NN(Cl)C2. The van der Waals surface area contributed by atoms with Gasteiger partial charge in [-0.15, -0.1) is 4.86 Å². The lowest BCUT2D eigenvalue weighted by molar-refractivity contribution is -0.463. The predicted molar refractivity (Wildman–Crippen MR) is 48.3 cm³/mol. The number of rotatable bonds is 0. The first-order valence-corrected chi connectivity index (χ1v) is 4.22. The van der Waals surface area contributed by atoms with E-state index in [0.717, 1.165) is 15.7 Å². The largest absolute Gasteiger partial charge is 0.691 e. The fourth-order valence-electron chi connectivity index (χ4n) is 1.29. The molecule has 0 fully saturated rings. The molecule has 0 aromatic heterocycles. The van der Waals surface area contributed by atoms with Gasteiger partial charge in [-0.1, -0.05) is 16.7 Å². The summed E-state index contributed by atoms with van der Waals surface area (Å²) in [7, 11) is 0. The maximum absolute atomic E-state index is 11.3. The van der Waals surface area contributed by atoms with Crippen LogP contribution in [0.2, 0.25) is 0 Å². The summed E-state index contributed by atoms with van der Waals surface area (Å²) in [4.78, 5) is 0.541. The van der Waals surface area contributed by atoms with Gasteiger partial charge in [0.2, 0.25) is 0 Å². The van der Waals surface area contributed by atoms with Crippen LogP contribution in [0.25, 0.3) is 0 Å². The molecule has 0 bridgehead atoms. The number of hydrogen-bond donors (Lipinski definition) is 0. The van der Waals surface area contributed by atoms with Crippen LogP contribution in [-0.2, 0) is 6.54 Å². The second-order valence-electron chi connectivity index (χ2n) is 2.99. The molecule has 0 amide bonds. The molecule has 1 aromatic rings. The van der Waals surface area contributed by atoms with Crippen LogP contribution < -0.4 is 0 Å². The topological polar surface area (TPSA) is 41.7 Å². The number of aryl methyl sites for hydroxylation is 1. The van der Waals surface area contributed by atoms with Gasteiger partial charge >= 0.3 is 0 Å². The van der Waals surface area contributed by atoms with Crippen molar-refractivity contribution >= 4 is 17.5 Å². The van der Waals surface area contributed by atoms with Gasteiger partial charge in [0, 0.05) is 5.56 Å². The third-order valence-corrected chi connectivity index (χ3v) is 2.11. The summed E-state index contributed by atoms with van der Waals surface area (Å²) in [6.45, 7) is 2.40. The number of nitrogens with zero attached hydrogens (tertiary/aromatic N) is 3. The van der Waals surface area contributed by atoms with Crippen LogP contribution in [0.1, 0.15) is 11.1 Å². The standard InChI is InChI=1S/C8H8ClN3O/c1-6-2-3-7-5-11(9)10-12(13)8(7)4-6/h2-4H,5H2,1H3. The molecule has 0 N–H and O–H groups in total. The maximum Gasteiger partial charge on any atom is 0.164 e. The van der Waals surface area contributed by atoms with E-state index in [2.05, 4.69) is 5.22 Å². The van der Waals surface area contributed by atoms with Crippen molar-refractivity contribution in [3.63, 3.8) is 0 Å². The van der Waals surface area contributed by atoms with Crippen LogP contribution in [0.3, 0.4) is 0 Å². The van der Waals surface area contributed by atoms with Gasteiger partial charge in [-0.25, -0.2) is 0 Å². The van der Waals surface area contributed by atoms with E-state index in [9.17, 15) is 5.21 Å². The Kier molecular flexibility index (Phi) is 1.84. The third-order valence-electron chi connectivity index (χ3n) is 1.93. The lowest BCUT2D eigenvalue weighted by Crippen LogP contribution is -2.15. The molecule has 0 saturated carbocycles. The van der Waals surface area contributed by atoms with E-state index in [1.165, 1.54) is 0 Å². The molecular weight excluding hydrogens is 190 g/mol. The minimum atomic E-state index is 0.468. The van der Waals surface area contributed by atoms with E-state index in [0.29, 0.717) is 17.1 Å². The van der Waals surface area contributed by atoms with Gasteiger partial charge in [0.05, 0.1) is 0 Å². The second kappa shape index (κ2) is 2.88. The summed E-state index contributed by atoms with van der Waals surface area (Å²) in [5, 5.41) is 14.8. The average molecular weight is 198 g/mol. The molecule has 4 nitrogen and oxygen atoms in total. The van der Waals surface area contributed by atoms with Gasteiger partial charge < -0.3 is 5.21 Å². The third kappa shape index (κ3) is 1.45. The molecular formula is C8H8ClN3O.